The predicted molar refractivity (Wildman–Crippen MR) is 122 cm³/mol. The Morgan fingerprint density at radius 1 is 1.31 bits per heavy atom. The zero-order valence-corrected chi connectivity index (χ0v) is 19.2. The van der Waals surface area contributed by atoms with Gasteiger partial charge >= 0.3 is 0 Å². The molecule has 5 rings (SSSR count). The number of methoxy groups -OCH3 is 1. The van der Waals surface area contributed by atoms with Gasteiger partial charge in [-0.25, -0.2) is 0 Å². The number of ether oxygens (including phenoxy) is 1. The summed E-state index contributed by atoms with van der Waals surface area (Å²) in [5.41, 5.74) is 3.60. The molecule has 1 saturated heterocycles. The van der Waals surface area contributed by atoms with Crippen LogP contribution in [0.1, 0.15) is 38.8 Å². The van der Waals surface area contributed by atoms with E-state index in [1.807, 2.05) is 6.07 Å². The van der Waals surface area contributed by atoms with Gasteiger partial charge < -0.3 is 19.9 Å². The lowest BCUT2D eigenvalue weighted by atomic mass is 9.87. The molecule has 1 atom stereocenters. The first-order valence-electron chi connectivity index (χ1n) is 10.5. The Labute approximate surface area is 194 Å². The monoisotopic (exact) mass is 475 g/mol. The fraction of sp³-hybridized carbons (Fsp3) is 0.409. The number of hydrogen-bond acceptors (Lipinski definition) is 5. The molecule has 1 fully saturated rings. The Balaban J connectivity index is 1.54. The molecule has 2 aliphatic heterocycles. The molecular weight excluding hydrogens is 453 g/mol. The number of H-pyrrole nitrogens is 2. The lowest BCUT2D eigenvalue weighted by Gasteiger charge is -2.36. The van der Waals surface area contributed by atoms with Crippen LogP contribution < -0.4 is 10.9 Å². The van der Waals surface area contributed by atoms with Crippen molar-refractivity contribution in [3.8, 4) is 0 Å². The van der Waals surface area contributed by atoms with E-state index < -0.39 is 0 Å². The van der Waals surface area contributed by atoms with Crippen molar-refractivity contribution in [2.45, 2.75) is 26.0 Å². The molecule has 0 saturated carbocycles. The van der Waals surface area contributed by atoms with Crippen molar-refractivity contribution < 1.29 is 9.53 Å². The molecule has 2 aromatic heterocycles. The molecule has 8 nitrogen and oxygen atoms in total. The molecule has 10 heteroatoms. The normalized spacial score (nSPS) is 17.5. The average Bonchev–Trinajstić information content (AvgIpc) is 3.22. The van der Waals surface area contributed by atoms with E-state index in [1.165, 1.54) is 0 Å². The van der Waals surface area contributed by atoms with Gasteiger partial charge in [0.1, 0.15) is 0 Å². The summed E-state index contributed by atoms with van der Waals surface area (Å²) >= 11 is 13.4. The van der Waals surface area contributed by atoms with Gasteiger partial charge in [-0.3, -0.25) is 14.7 Å². The minimum atomic E-state index is -0.250. The maximum absolute atomic E-state index is 13.6. The highest BCUT2D eigenvalue weighted by Crippen LogP contribution is 2.41. The molecule has 1 aromatic carbocycles. The number of halogens is 2. The first kappa shape index (κ1) is 21.5. The quantitative estimate of drug-likeness (QED) is 0.526. The summed E-state index contributed by atoms with van der Waals surface area (Å²) in [6, 6.07) is 1.83. The zero-order chi connectivity index (χ0) is 22.6. The molecule has 4 heterocycles. The minimum Gasteiger partial charge on any atom is -0.376 e. The predicted octanol–water partition coefficient (Wildman–Crippen LogP) is 2.97. The second-order valence-corrected chi connectivity index (χ2v) is 9.17. The smallest absolute Gasteiger partial charge is 0.256 e. The van der Waals surface area contributed by atoms with Crippen LogP contribution in [0.5, 0.6) is 0 Å². The topological polar surface area (TPSA) is 103 Å². The van der Waals surface area contributed by atoms with E-state index in [0.29, 0.717) is 45.2 Å². The molecule has 3 aromatic rings. The van der Waals surface area contributed by atoms with Crippen LogP contribution >= 0.6 is 23.2 Å². The van der Waals surface area contributed by atoms with Crippen molar-refractivity contribution in [1.29, 1.82) is 0 Å². The van der Waals surface area contributed by atoms with Gasteiger partial charge in [-0.15, -0.1) is 0 Å². The van der Waals surface area contributed by atoms with E-state index in [9.17, 15) is 9.59 Å². The third kappa shape index (κ3) is 3.33. The van der Waals surface area contributed by atoms with Gasteiger partial charge in [-0.2, -0.15) is 5.10 Å². The Kier molecular flexibility index (Phi) is 5.49. The van der Waals surface area contributed by atoms with E-state index >= 15 is 0 Å². The van der Waals surface area contributed by atoms with Crippen LogP contribution in [0.3, 0.4) is 0 Å². The molecule has 32 heavy (non-hydrogen) atoms. The van der Waals surface area contributed by atoms with E-state index in [4.69, 9.17) is 27.9 Å². The summed E-state index contributed by atoms with van der Waals surface area (Å²) in [6.07, 6.45) is 1.92. The molecule has 0 aliphatic carbocycles. The average molecular weight is 476 g/mol. The van der Waals surface area contributed by atoms with Crippen LogP contribution in [-0.4, -0.2) is 52.7 Å². The van der Waals surface area contributed by atoms with Crippen molar-refractivity contribution in [2.24, 2.45) is 5.92 Å². The van der Waals surface area contributed by atoms with Crippen molar-refractivity contribution >= 4 is 40.0 Å². The van der Waals surface area contributed by atoms with Crippen LogP contribution in [-0.2, 0) is 17.7 Å². The van der Waals surface area contributed by atoms with Gasteiger partial charge in [0.25, 0.3) is 11.5 Å². The highest BCUT2D eigenvalue weighted by molar-refractivity contribution is 6.37. The third-order valence-electron chi connectivity index (χ3n) is 6.54. The molecule has 3 N–H and O–H groups in total. The van der Waals surface area contributed by atoms with Gasteiger partial charge in [0.2, 0.25) is 0 Å². The molecule has 0 bridgehead atoms. The van der Waals surface area contributed by atoms with Gasteiger partial charge in [0.15, 0.2) is 0 Å². The first-order valence-corrected chi connectivity index (χ1v) is 11.2. The van der Waals surface area contributed by atoms with Crippen molar-refractivity contribution in [3.05, 3.63) is 60.6 Å². The Morgan fingerprint density at radius 2 is 2.09 bits per heavy atom. The number of fused-ring (bicyclic) bond motifs is 2. The third-order valence-corrected chi connectivity index (χ3v) is 7.29. The second kappa shape index (κ2) is 8.19. The number of nitrogens with zero attached hydrogens (tertiary/aromatic N) is 2. The van der Waals surface area contributed by atoms with E-state index in [1.54, 1.807) is 25.1 Å². The molecule has 0 spiro atoms. The number of hydrogen-bond donors (Lipinski definition) is 3. The second-order valence-electron chi connectivity index (χ2n) is 8.38. The summed E-state index contributed by atoms with van der Waals surface area (Å²) in [4.78, 5) is 30.7. The van der Waals surface area contributed by atoms with E-state index in [-0.39, 0.29) is 30.0 Å². The van der Waals surface area contributed by atoms with E-state index in [0.717, 1.165) is 29.7 Å². The van der Waals surface area contributed by atoms with Gasteiger partial charge in [0.05, 0.1) is 34.9 Å². The summed E-state index contributed by atoms with van der Waals surface area (Å²) in [6.45, 7) is 4.04. The molecule has 168 valence electrons. The standard InChI is InChI=1S/C22H23Cl2N5O3/c1-10-19-14(8-26-28-19)15(21(30)27-10)9-29-4-3-12-16(23)5-13(18(24)17(12)22(29)31)20(32-2)11-6-25-7-11/h5,8,11,20,25H,3-4,6-7,9H2,1-2H3,(H,26,28)(H,27,30). The number of carbonyl (C=O) groups is 1. The lowest BCUT2D eigenvalue weighted by molar-refractivity contribution is 0.0292. The molecule has 1 unspecified atom stereocenters. The SMILES string of the molecule is COC(c1cc(Cl)c2c(c1Cl)C(=O)N(Cc1c(=O)[nH]c(C)c3[nH]ncc13)CC2)C1CNC1. The van der Waals surface area contributed by atoms with Gasteiger partial charge in [0, 0.05) is 59.9 Å². The number of rotatable bonds is 5. The number of pyridine rings is 1. The Morgan fingerprint density at radius 3 is 2.78 bits per heavy atom. The number of amides is 1. The number of nitrogens with one attached hydrogen (secondary N) is 3. The fourth-order valence-electron chi connectivity index (χ4n) is 4.69. The van der Waals surface area contributed by atoms with Crippen molar-refractivity contribution in [3.63, 3.8) is 0 Å². The highest BCUT2D eigenvalue weighted by atomic mass is 35.5. The Bertz CT molecular complexity index is 1280. The summed E-state index contributed by atoms with van der Waals surface area (Å²) in [5, 5.41) is 11.8. The number of carbonyl (C=O) groups excluding carboxylic acids is 1. The molecule has 2 aliphatic rings. The number of benzene rings is 1. The van der Waals surface area contributed by atoms with Gasteiger partial charge in [-0.05, 0) is 25.0 Å². The van der Waals surface area contributed by atoms with Crippen molar-refractivity contribution in [2.75, 3.05) is 26.7 Å². The van der Waals surface area contributed by atoms with E-state index in [2.05, 4.69) is 20.5 Å². The maximum atomic E-state index is 13.6. The zero-order valence-electron chi connectivity index (χ0n) is 17.7. The van der Waals surface area contributed by atoms with Crippen LogP contribution in [0.15, 0.2) is 17.1 Å². The summed E-state index contributed by atoms with van der Waals surface area (Å²) in [7, 11) is 1.64. The maximum Gasteiger partial charge on any atom is 0.256 e. The van der Waals surface area contributed by atoms with Crippen LogP contribution in [0.25, 0.3) is 10.9 Å². The molecule has 1 amide bonds. The van der Waals surface area contributed by atoms with Crippen LogP contribution in [0.4, 0.5) is 0 Å². The Hall–Kier alpha value is -2.39. The molecular formula is C22H23Cl2N5O3. The van der Waals surface area contributed by atoms with Crippen LogP contribution in [0, 0.1) is 12.8 Å². The number of aromatic amines is 2. The highest BCUT2D eigenvalue weighted by Gasteiger charge is 2.35. The fourth-order valence-corrected chi connectivity index (χ4v) is 5.36. The number of aromatic nitrogens is 3. The molecule has 0 radical (unpaired) electrons. The lowest BCUT2D eigenvalue weighted by Crippen LogP contribution is -2.46. The van der Waals surface area contributed by atoms with Crippen LogP contribution in [0.2, 0.25) is 10.0 Å². The van der Waals surface area contributed by atoms with Crippen molar-refractivity contribution in [1.82, 2.24) is 25.4 Å². The largest absolute Gasteiger partial charge is 0.376 e. The van der Waals surface area contributed by atoms with Gasteiger partial charge in [-0.1, -0.05) is 23.2 Å². The minimum absolute atomic E-state index is 0.155. The summed E-state index contributed by atoms with van der Waals surface area (Å²) < 4.78 is 5.73. The first-order chi connectivity index (χ1) is 15.4. The number of aryl methyl sites for hydroxylation is 1. The summed E-state index contributed by atoms with van der Waals surface area (Å²) in [5.74, 6) is 0.0279.